The number of likely N-dealkylation sites (tertiary alicyclic amines) is 1. The molecule has 1 aromatic rings. The Morgan fingerprint density at radius 1 is 1.30 bits per heavy atom. The number of alkyl halides is 3. The molecule has 4 nitrogen and oxygen atoms in total. The van der Waals surface area contributed by atoms with Crippen molar-refractivity contribution in [2.45, 2.75) is 18.6 Å². The quantitative estimate of drug-likeness (QED) is 0.878. The fourth-order valence-electron chi connectivity index (χ4n) is 2.13. The van der Waals surface area contributed by atoms with E-state index in [-0.39, 0.29) is 12.1 Å². The van der Waals surface area contributed by atoms with Gasteiger partial charge in [0.25, 0.3) is 0 Å². The van der Waals surface area contributed by atoms with E-state index in [9.17, 15) is 18.0 Å². The van der Waals surface area contributed by atoms with Gasteiger partial charge >= 0.3 is 12.2 Å². The summed E-state index contributed by atoms with van der Waals surface area (Å²) in [5.41, 5.74) is -0.372. The number of rotatable bonds is 2. The van der Waals surface area contributed by atoms with E-state index in [2.05, 4.69) is 10.6 Å². The second kappa shape index (κ2) is 5.70. The first-order chi connectivity index (χ1) is 9.40. The molecule has 1 fully saturated rings. The third kappa shape index (κ3) is 3.41. The predicted molar refractivity (Wildman–Crippen MR) is 69.5 cm³/mol. The van der Waals surface area contributed by atoms with Gasteiger partial charge in [-0.2, -0.15) is 13.2 Å². The van der Waals surface area contributed by atoms with Crippen molar-refractivity contribution in [2.24, 2.45) is 0 Å². The molecule has 0 aliphatic carbocycles. The fourth-order valence-corrected chi connectivity index (χ4v) is 2.13. The highest BCUT2D eigenvalue weighted by Crippen LogP contribution is 2.29. The number of hydrogen-bond acceptors (Lipinski definition) is 2. The number of nitrogens with one attached hydrogen (secondary N) is 2. The van der Waals surface area contributed by atoms with Crippen LogP contribution in [-0.4, -0.2) is 37.1 Å². The van der Waals surface area contributed by atoms with Gasteiger partial charge in [0.05, 0.1) is 5.56 Å². The highest BCUT2D eigenvalue weighted by atomic mass is 19.4. The van der Waals surface area contributed by atoms with E-state index in [0.29, 0.717) is 18.8 Å². The smallest absolute Gasteiger partial charge is 0.323 e. The van der Waals surface area contributed by atoms with Gasteiger partial charge in [0.15, 0.2) is 0 Å². The Morgan fingerprint density at radius 3 is 2.45 bits per heavy atom. The Morgan fingerprint density at radius 2 is 1.95 bits per heavy atom. The van der Waals surface area contributed by atoms with E-state index in [1.165, 1.54) is 12.1 Å². The molecule has 0 radical (unpaired) electrons. The largest absolute Gasteiger partial charge is 0.416 e. The van der Waals surface area contributed by atoms with Gasteiger partial charge in [0, 0.05) is 24.8 Å². The summed E-state index contributed by atoms with van der Waals surface area (Å²) in [4.78, 5) is 13.6. The van der Waals surface area contributed by atoms with Crippen LogP contribution < -0.4 is 10.6 Å². The maximum atomic E-state index is 12.4. The molecule has 7 heteroatoms. The number of likely N-dealkylation sites (N-methyl/N-ethyl adjacent to an activating group) is 1. The lowest BCUT2D eigenvalue weighted by molar-refractivity contribution is -0.137. The number of benzene rings is 1. The van der Waals surface area contributed by atoms with Crippen molar-refractivity contribution in [3.8, 4) is 0 Å². The van der Waals surface area contributed by atoms with Gasteiger partial charge in [-0.25, -0.2) is 4.79 Å². The minimum Gasteiger partial charge on any atom is -0.323 e. The third-order valence-electron chi connectivity index (χ3n) is 3.35. The van der Waals surface area contributed by atoms with Crippen molar-refractivity contribution in [3.05, 3.63) is 29.8 Å². The molecule has 2 rings (SSSR count). The number of nitrogens with zero attached hydrogens (tertiary/aromatic N) is 1. The lowest BCUT2D eigenvalue weighted by atomic mass is 10.2. The van der Waals surface area contributed by atoms with Crippen LogP contribution in [0.3, 0.4) is 0 Å². The Kier molecular flexibility index (Phi) is 4.17. The van der Waals surface area contributed by atoms with Crippen LogP contribution in [0, 0.1) is 0 Å². The number of amides is 2. The Balaban J connectivity index is 1.95. The minimum atomic E-state index is -4.36. The summed E-state index contributed by atoms with van der Waals surface area (Å²) in [5, 5.41) is 5.69. The summed E-state index contributed by atoms with van der Waals surface area (Å²) in [6.45, 7) is 1.24. The van der Waals surface area contributed by atoms with Gasteiger partial charge in [-0.3, -0.25) is 0 Å². The van der Waals surface area contributed by atoms with E-state index in [4.69, 9.17) is 0 Å². The predicted octanol–water partition coefficient (Wildman–Crippen LogP) is 2.53. The molecule has 110 valence electrons. The molecule has 0 bridgehead atoms. The SMILES string of the molecule is CNC1CCN(C(=O)Nc2ccc(C(F)(F)F)cc2)C1. The summed E-state index contributed by atoms with van der Waals surface area (Å²) in [5.74, 6) is 0. The van der Waals surface area contributed by atoms with Crippen LogP contribution in [0.2, 0.25) is 0 Å². The number of carbonyl (C=O) groups is 1. The zero-order chi connectivity index (χ0) is 14.8. The van der Waals surface area contributed by atoms with Gasteiger partial charge in [-0.15, -0.1) is 0 Å². The molecule has 1 heterocycles. The van der Waals surface area contributed by atoms with Gasteiger partial charge < -0.3 is 15.5 Å². The molecule has 0 aromatic heterocycles. The van der Waals surface area contributed by atoms with Gasteiger partial charge in [0.2, 0.25) is 0 Å². The number of hydrogen-bond donors (Lipinski definition) is 2. The maximum absolute atomic E-state index is 12.4. The fraction of sp³-hybridized carbons (Fsp3) is 0.462. The molecule has 1 atom stereocenters. The summed E-state index contributed by atoms with van der Waals surface area (Å²) < 4.78 is 37.2. The summed E-state index contributed by atoms with van der Waals surface area (Å²) in [7, 11) is 1.84. The molecular formula is C13H16F3N3O. The van der Waals surface area contributed by atoms with E-state index in [1.807, 2.05) is 7.05 Å². The highest BCUT2D eigenvalue weighted by molar-refractivity contribution is 5.89. The summed E-state index contributed by atoms with van der Waals surface area (Å²) in [6.07, 6.45) is -3.49. The molecule has 2 N–H and O–H groups in total. The van der Waals surface area contributed by atoms with Crippen LogP contribution in [-0.2, 0) is 6.18 Å². The van der Waals surface area contributed by atoms with E-state index >= 15 is 0 Å². The van der Waals surface area contributed by atoms with Gasteiger partial charge in [0.1, 0.15) is 0 Å². The normalized spacial score (nSPS) is 19.2. The zero-order valence-electron chi connectivity index (χ0n) is 11.0. The molecule has 1 aliphatic rings. The molecule has 0 spiro atoms. The molecule has 2 amide bonds. The summed E-state index contributed by atoms with van der Waals surface area (Å²) in [6, 6.07) is 4.40. The Bertz CT molecular complexity index is 473. The number of anilines is 1. The van der Waals surface area contributed by atoms with Crippen molar-refractivity contribution in [1.29, 1.82) is 0 Å². The average molecular weight is 287 g/mol. The first-order valence-corrected chi connectivity index (χ1v) is 6.30. The lowest BCUT2D eigenvalue weighted by Gasteiger charge is -2.17. The van der Waals surface area contributed by atoms with Crippen molar-refractivity contribution in [1.82, 2.24) is 10.2 Å². The molecular weight excluding hydrogens is 271 g/mol. The van der Waals surface area contributed by atoms with Gasteiger partial charge in [-0.05, 0) is 37.7 Å². The van der Waals surface area contributed by atoms with Crippen molar-refractivity contribution >= 4 is 11.7 Å². The lowest BCUT2D eigenvalue weighted by Crippen LogP contribution is -2.36. The van der Waals surface area contributed by atoms with Crippen LogP contribution in [0.4, 0.5) is 23.7 Å². The Hall–Kier alpha value is -1.76. The summed E-state index contributed by atoms with van der Waals surface area (Å²) >= 11 is 0. The number of carbonyl (C=O) groups excluding carboxylic acids is 1. The zero-order valence-corrected chi connectivity index (χ0v) is 11.0. The molecule has 1 saturated heterocycles. The van der Waals surface area contributed by atoms with Gasteiger partial charge in [-0.1, -0.05) is 0 Å². The van der Waals surface area contributed by atoms with E-state index in [0.717, 1.165) is 18.6 Å². The van der Waals surface area contributed by atoms with Crippen molar-refractivity contribution in [3.63, 3.8) is 0 Å². The monoisotopic (exact) mass is 287 g/mol. The molecule has 1 unspecified atom stereocenters. The second-order valence-corrected chi connectivity index (χ2v) is 4.73. The van der Waals surface area contributed by atoms with Crippen LogP contribution in [0.1, 0.15) is 12.0 Å². The topological polar surface area (TPSA) is 44.4 Å². The first-order valence-electron chi connectivity index (χ1n) is 6.30. The van der Waals surface area contributed by atoms with E-state index < -0.39 is 11.7 Å². The molecule has 1 aliphatic heterocycles. The first kappa shape index (κ1) is 14.6. The highest BCUT2D eigenvalue weighted by Gasteiger charge is 2.30. The number of urea groups is 1. The van der Waals surface area contributed by atoms with Crippen LogP contribution in [0.15, 0.2) is 24.3 Å². The van der Waals surface area contributed by atoms with Crippen LogP contribution in [0.25, 0.3) is 0 Å². The molecule has 20 heavy (non-hydrogen) atoms. The number of halogens is 3. The molecule has 1 aromatic carbocycles. The van der Waals surface area contributed by atoms with Crippen molar-refractivity contribution < 1.29 is 18.0 Å². The standard InChI is InChI=1S/C13H16F3N3O/c1-17-11-6-7-19(8-11)12(20)18-10-4-2-9(3-5-10)13(14,15)16/h2-5,11,17H,6-8H2,1H3,(H,18,20). The molecule has 0 saturated carbocycles. The van der Waals surface area contributed by atoms with Crippen LogP contribution in [0.5, 0.6) is 0 Å². The maximum Gasteiger partial charge on any atom is 0.416 e. The van der Waals surface area contributed by atoms with Crippen molar-refractivity contribution in [2.75, 3.05) is 25.5 Å². The Labute approximate surface area is 114 Å². The van der Waals surface area contributed by atoms with Crippen LogP contribution >= 0.6 is 0 Å². The minimum absolute atomic E-state index is 0.272. The average Bonchev–Trinajstić information content (AvgIpc) is 2.87. The van der Waals surface area contributed by atoms with E-state index in [1.54, 1.807) is 4.90 Å². The second-order valence-electron chi connectivity index (χ2n) is 4.73. The third-order valence-corrected chi connectivity index (χ3v) is 3.35.